The SMILES string of the molecule is COCC(=O)N1CCC(N2C(=O)N(C)Cc3cnc4ccc(-c5ccc(NC(C)=O)nc5)nc4c32)CC1. The van der Waals surface area contributed by atoms with Crippen LogP contribution in [0.5, 0.6) is 0 Å². The Hall–Kier alpha value is -4.12. The van der Waals surface area contributed by atoms with Gasteiger partial charge in [-0.1, -0.05) is 0 Å². The number of rotatable bonds is 5. The lowest BCUT2D eigenvalue weighted by molar-refractivity contribution is -0.136. The highest BCUT2D eigenvalue weighted by Crippen LogP contribution is 2.37. The number of nitrogens with zero attached hydrogens (tertiary/aromatic N) is 6. The maximum atomic E-state index is 13.5. The number of amides is 4. The van der Waals surface area contributed by atoms with Crippen LogP contribution >= 0.6 is 0 Å². The number of carbonyl (C=O) groups is 3. The van der Waals surface area contributed by atoms with E-state index >= 15 is 0 Å². The molecule has 5 heterocycles. The van der Waals surface area contributed by atoms with Crippen molar-refractivity contribution in [3.8, 4) is 11.3 Å². The molecule has 0 aliphatic carbocycles. The topological polar surface area (TPSA) is 121 Å². The molecule has 0 saturated carbocycles. The second-order valence-electron chi connectivity index (χ2n) is 9.36. The fourth-order valence-electron chi connectivity index (χ4n) is 4.97. The molecular weight excluding hydrogens is 474 g/mol. The molecule has 1 saturated heterocycles. The summed E-state index contributed by atoms with van der Waals surface area (Å²) in [6.07, 6.45) is 4.79. The molecule has 0 unspecified atom stereocenters. The van der Waals surface area contributed by atoms with Crippen LogP contribution in [0.4, 0.5) is 16.3 Å². The van der Waals surface area contributed by atoms with Gasteiger partial charge in [-0.2, -0.15) is 0 Å². The van der Waals surface area contributed by atoms with E-state index in [0.29, 0.717) is 55.0 Å². The summed E-state index contributed by atoms with van der Waals surface area (Å²) in [7, 11) is 3.30. The zero-order valence-electron chi connectivity index (χ0n) is 21.1. The van der Waals surface area contributed by atoms with Crippen molar-refractivity contribution in [2.75, 3.05) is 44.1 Å². The summed E-state index contributed by atoms with van der Waals surface area (Å²) in [6, 6.07) is 7.18. The highest BCUT2D eigenvalue weighted by atomic mass is 16.5. The standard InChI is InChI=1S/C26H29N7O4/c1-16(34)29-22-7-4-17(12-28-22)20-5-6-21-24(30-20)25-18(13-27-21)14-31(2)26(36)33(25)19-8-10-32(11-9-19)23(35)15-37-3/h4-7,12-13,19H,8-11,14-15H2,1-3H3,(H,28,29,34). The highest BCUT2D eigenvalue weighted by molar-refractivity contribution is 6.04. The molecule has 5 rings (SSSR count). The first-order valence-electron chi connectivity index (χ1n) is 12.2. The second kappa shape index (κ2) is 10.1. The average Bonchev–Trinajstić information content (AvgIpc) is 2.89. The van der Waals surface area contributed by atoms with Gasteiger partial charge in [-0.15, -0.1) is 0 Å². The van der Waals surface area contributed by atoms with Gasteiger partial charge in [0, 0.05) is 63.7 Å². The number of urea groups is 1. The Morgan fingerprint density at radius 3 is 2.57 bits per heavy atom. The molecule has 37 heavy (non-hydrogen) atoms. The van der Waals surface area contributed by atoms with Crippen LogP contribution in [0.2, 0.25) is 0 Å². The lowest BCUT2D eigenvalue weighted by Crippen LogP contribution is -2.54. The van der Waals surface area contributed by atoms with Crippen LogP contribution in [0.15, 0.2) is 36.7 Å². The van der Waals surface area contributed by atoms with E-state index in [9.17, 15) is 14.4 Å². The number of hydrogen-bond donors (Lipinski definition) is 1. The molecule has 1 fully saturated rings. The van der Waals surface area contributed by atoms with Crippen LogP contribution in [0, 0.1) is 0 Å². The average molecular weight is 504 g/mol. The van der Waals surface area contributed by atoms with Crippen molar-refractivity contribution in [3.05, 3.63) is 42.2 Å². The number of nitrogens with one attached hydrogen (secondary N) is 1. The first kappa shape index (κ1) is 24.6. The fraction of sp³-hybridized carbons (Fsp3) is 0.385. The van der Waals surface area contributed by atoms with Crippen LogP contribution in [0.25, 0.3) is 22.3 Å². The van der Waals surface area contributed by atoms with Crippen molar-refractivity contribution in [2.45, 2.75) is 32.4 Å². The van der Waals surface area contributed by atoms with E-state index in [4.69, 9.17) is 9.72 Å². The zero-order valence-corrected chi connectivity index (χ0v) is 21.1. The van der Waals surface area contributed by atoms with E-state index in [0.717, 1.165) is 16.8 Å². The molecule has 0 bridgehead atoms. The van der Waals surface area contributed by atoms with Crippen molar-refractivity contribution in [3.63, 3.8) is 0 Å². The molecule has 192 valence electrons. The summed E-state index contributed by atoms with van der Waals surface area (Å²) in [5.74, 6) is 0.235. The van der Waals surface area contributed by atoms with Crippen LogP contribution < -0.4 is 10.2 Å². The lowest BCUT2D eigenvalue weighted by atomic mass is 9.99. The van der Waals surface area contributed by atoms with Crippen molar-refractivity contribution in [1.82, 2.24) is 24.8 Å². The normalized spacial score (nSPS) is 16.2. The van der Waals surface area contributed by atoms with E-state index in [1.807, 2.05) is 29.3 Å². The van der Waals surface area contributed by atoms with E-state index < -0.39 is 0 Å². The molecule has 0 aromatic carbocycles. The van der Waals surface area contributed by atoms with Gasteiger partial charge in [-0.05, 0) is 37.1 Å². The summed E-state index contributed by atoms with van der Waals surface area (Å²) in [4.78, 5) is 56.3. The van der Waals surface area contributed by atoms with Gasteiger partial charge in [-0.25, -0.2) is 14.8 Å². The predicted octanol–water partition coefficient (Wildman–Crippen LogP) is 2.66. The van der Waals surface area contributed by atoms with Crippen LogP contribution in [0.3, 0.4) is 0 Å². The number of pyridine rings is 3. The molecule has 11 heteroatoms. The van der Waals surface area contributed by atoms with Gasteiger partial charge < -0.3 is 19.9 Å². The summed E-state index contributed by atoms with van der Waals surface area (Å²) in [5, 5.41) is 2.66. The van der Waals surface area contributed by atoms with Crippen LogP contribution in [-0.2, 0) is 20.9 Å². The van der Waals surface area contributed by atoms with Crippen molar-refractivity contribution >= 4 is 40.4 Å². The predicted molar refractivity (Wildman–Crippen MR) is 138 cm³/mol. The highest BCUT2D eigenvalue weighted by Gasteiger charge is 2.37. The number of methoxy groups -OCH3 is 1. The van der Waals surface area contributed by atoms with Crippen molar-refractivity contribution < 1.29 is 19.1 Å². The van der Waals surface area contributed by atoms with E-state index in [1.54, 1.807) is 29.1 Å². The van der Waals surface area contributed by atoms with Gasteiger partial charge in [-0.3, -0.25) is 19.5 Å². The molecule has 1 N–H and O–H groups in total. The second-order valence-corrected chi connectivity index (χ2v) is 9.36. The molecule has 3 aromatic rings. The summed E-state index contributed by atoms with van der Waals surface area (Å²) >= 11 is 0. The monoisotopic (exact) mass is 503 g/mol. The van der Waals surface area contributed by atoms with Crippen LogP contribution in [0.1, 0.15) is 25.3 Å². The zero-order chi connectivity index (χ0) is 26.1. The van der Waals surface area contributed by atoms with Gasteiger partial charge in [0.1, 0.15) is 17.9 Å². The van der Waals surface area contributed by atoms with E-state index in [2.05, 4.69) is 15.3 Å². The minimum atomic E-state index is -0.189. The van der Waals surface area contributed by atoms with Crippen molar-refractivity contribution in [1.29, 1.82) is 0 Å². The Kier molecular flexibility index (Phi) is 6.70. The number of carbonyl (C=O) groups excluding carboxylic acids is 3. The third kappa shape index (κ3) is 4.82. The minimum absolute atomic E-state index is 0.0393. The number of piperidine rings is 1. The third-order valence-corrected chi connectivity index (χ3v) is 6.76. The van der Waals surface area contributed by atoms with Gasteiger partial charge >= 0.3 is 6.03 Å². The molecule has 0 radical (unpaired) electrons. The lowest BCUT2D eigenvalue weighted by Gasteiger charge is -2.43. The molecule has 11 nitrogen and oxygen atoms in total. The number of ether oxygens (including phenoxy) is 1. The molecule has 2 aliphatic rings. The Labute approximate surface area is 214 Å². The molecule has 0 atom stereocenters. The Bertz CT molecular complexity index is 1350. The van der Waals surface area contributed by atoms with E-state index in [-0.39, 0.29) is 30.5 Å². The first-order valence-corrected chi connectivity index (χ1v) is 12.2. The molecule has 4 amide bonds. The van der Waals surface area contributed by atoms with E-state index in [1.165, 1.54) is 14.0 Å². The number of fused-ring (bicyclic) bond motifs is 3. The number of likely N-dealkylation sites (tertiary alicyclic amines) is 1. The number of anilines is 2. The number of aromatic nitrogens is 3. The summed E-state index contributed by atoms with van der Waals surface area (Å²) in [5.41, 5.74) is 4.52. The van der Waals surface area contributed by atoms with Gasteiger partial charge in [0.25, 0.3) is 0 Å². The summed E-state index contributed by atoms with van der Waals surface area (Å²) < 4.78 is 5.00. The first-order chi connectivity index (χ1) is 17.9. The Balaban J connectivity index is 1.51. The number of hydrogen-bond acceptors (Lipinski definition) is 7. The smallest absolute Gasteiger partial charge is 0.324 e. The van der Waals surface area contributed by atoms with Gasteiger partial charge in [0.05, 0.1) is 23.4 Å². The quantitative estimate of drug-likeness (QED) is 0.568. The van der Waals surface area contributed by atoms with Gasteiger partial charge in [0.2, 0.25) is 11.8 Å². The molecular formula is C26H29N7O4. The Morgan fingerprint density at radius 1 is 1.11 bits per heavy atom. The summed E-state index contributed by atoms with van der Waals surface area (Å²) in [6.45, 7) is 3.05. The largest absolute Gasteiger partial charge is 0.375 e. The van der Waals surface area contributed by atoms with Crippen molar-refractivity contribution in [2.24, 2.45) is 0 Å². The van der Waals surface area contributed by atoms with Gasteiger partial charge in [0.15, 0.2) is 0 Å². The molecule has 2 aliphatic heterocycles. The third-order valence-electron chi connectivity index (χ3n) is 6.76. The van der Waals surface area contributed by atoms with Crippen LogP contribution in [-0.4, -0.2) is 82.5 Å². The molecule has 3 aromatic heterocycles. The molecule has 0 spiro atoms. The Morgan fingerprint density at radius 2 is 1.89 bits per heavy atom. The maximum absolute atomic E-state index is 13.5. The minimum Gasteiger partial charge on any atom is -0.375 e. The maximum Gasteiger partial charge on any atom is 0.324 e. The fourth-order valence-corrected chi connectivity index (χ4v) is 4.97.